The van der Waals surface area contributed by atoms with Crippen molar-refractivity contribution in [3.63, 3.8) is 0 Å². The number of thioether (sulfide) groups is 1. The largest absolute Gasteiger partial charge is 0.325 e. The van der Waals surface area contributed by atoms with E-state index >= 15 is 0 Å². The molecule has 1 amide bonds. The van der Waals surface area contributed by atoms with Crippen LogP contribution in [0.4, 0.5) is 5.69 Å². The highest BCUT2D eigenvalue weighted by Gasteiger charge is 2.23. The molecule has 3 rings (SSSR count). The second-order valence-corrected chi connectivity index (χ2v) is 6.01. The molecule has 0 fully saturated rings. The molecule has 0 saturated heterocycles. The van der Waals surface area contributed by atoms with Crippen LogP contribution in [-0.4, -0.2) is 5.91 Å². The summed E-state index contributed by atoms with van der Waals surface area (Å²) in [4.78, 5) is 13.1. The molecule has 1 N–H and O–H groups in total. The Balaban J connectivity index is 1.98. The highest BCUT2D eigenvalue weighted by molar-refractivity contribution is 7.99. The molecule has 19 heavy (non-hydrogen) atoms. The minimum absolute atomic E-state index is 0.0870. The molecule has 0 spiro atoms. The summed E-state index contributed by atoms with van der Waals surface area (Å²) < 4.78 is 0. The van der Waals surface area contributed by atoms with E-state index in [1.54, 1.807) is 11.8 Å². The average Bonchev–Trinajstić information content (AvgIpc) is 2.56. The van der Waals surface area contributed by atoms with Gasteiger partial charge in [-0.25, -0.2) is 0 Å². The minimum atomic E-state index is 0.0870. The molecule has 0 unspecified atom stereocenters. The lowest BCUT2D eigenvalue weighted by molar-refractivity contribution is -0.116. The molecule has 2 aromatic rings. The lowest BCUT2D eigenvalue weighted by Gasteiger charge is -2.14. The minimum Gasteiger partial charge on any atom is -0.325 e. The molecular formula is C16H15NOS. The zero-order valence-corrected chi connectivity index (χ0v) is 11.5. The number of hydrogen-bond donors (Lipinski definition) is 1. The van der Waals surface area contributed by atoms with Crippen LogP contribution in [0.2, 0.25) is 0 Å². The van der Waals surface area contributed by atoms with Crippen LogP contribution in [0.3, 0.4) is 0 Å². The van der Waals surface area contributed by atoms with Gasteiger partial charge in [0.05, 0.1) is 5.69 Å². The first-order valence-corrected chi connectivity index (χ1v) is 7.22. The number of benzene rings is 2. The van der Waals surface area contributed by atoms with Crippen LogP contribution in [0.1, 0.15) is 22.8 Å². The van der Waals surface area contributed by atoms with E-state index in [4.69, 9.17) is 0 Å². The van der Waals surface area contributed by atoms with Gasteiger partial charge >= 0.3 is 0 Å². The zero-order chi connectivity index (χ0) is 13.2. The van der Waals surface area contributed by atoms with E-state index in [-0.39, 0.29) is 11.2 Å². The number of hydrogen-bond acceptors (Lipinski definition) is 2. The van der Waals surface area contributed by atoms with Gasteiger partial charge in [-0.2, -0.15) is 0 Å². The maximum atomic E-state index is 12.0. The third-order valence-corrected chi connectivity index (χ3v) is 4.55. The highest BCUT2D eigenvalue weighted by Crippen LogP contribution is 2.43. The summed E-state index contributed by atoms with van der Waals surface area (Å²) in [5, 5.41) is 3.16. The smallest absolute Gasteiger partial charge is 0.225 e. The molecule has 1 atom stereocenters. The van der Waals surface area contributed by atoms with Crippen molar-refractivity contribution in [2.45, 2.75) is 23.5 Å². The number of aryl methyl sites for hydroxylation is 1. The average molecular weight is 269 g/mol. The number of amides is 1. The van der Waals surface area contributed by atoms with Gasteiger partial charge in [0.1, 0.15) is 0 Å². The number of carbonyl (C=O) groups excluding carboxylic acids is 1. The Bertz CT molecular complexity index is 624. The summed E-state index contributed by atoms with van der Waals surface area (Å²) in [6.07, 6.45) is 0.517. The fourth-order valence-electron chi connectivity index (χ4n) is 2.29. The summed E-state index contributed by atoms with van der Waals surface area (Å²) in [5.41, 5.74) is 3.38. The molecular weight excluding hydrogens is 254 g/mol. The maximum absolute atomic E-state index is 12.0. The van der Waals surface area contributed by atoms with E-state index in [1.165, 1.54) is 11.1 Å². The van der Waals surface area contributed by atoms with Crippen molar-refractivity contribution in [2.75, 3.05) is 5.32 Å². The summed E-state index contributed by atoms with van der Waals surface area (Å²) >= 11 is 1.76. The summed E-state index contributed by atoms with van der Waals surface area (Å²) in [5.74, 6) is 0.0870. The van der Waals surface area contributed by atoms with Gasteiger partial charge in [-0.15, -0.1) is 11.8 Å². The molecule has 0 aliphatic carbocycles. The summed E-state index contributed by atoms with van der Waals surface area (Å²) in [6, 6.07) is 16.4. The van der Waals surface area contributed by atoms with E-state index in [0.717, 1.165) is 10.6 Å². The van der Waals surface area contributed by atoms with Crippen molar-refractivity contribution >= 4 is 23.4 Å². The quantitative estimate of drug-likeness (QED) is 0.841. The van der Waals surface area contributed by atoms with Crippen molar-refractivity contribution in [1.29, 1.82) is 0 Å². The van der Waals surface area contributed by atoms with E-state index in [2.05, 4.69) is 42.6 Å². The second kappa shape index (κ2) is 5.10. The topological polar surface area (TPSA) is 29.1 Å². The maximum Gasteiger partial charge on any atom is 0.225 e. The molecule has 0 saturated carbocycles. The normalized spacial score (nSPS) is 18.4. The van der Waals surface area contributed by atoms with Crippen LogP contribution >= 0.6 is 11.8 Å². The third kappa shape index (κ3) is 2.66. The Hall–Kier alpha value is -1.74. The van der Waals surface area contributed by atoms with Crippen molar-refractivity contribution in [1.82, 2.24) is 0 Å². The lowest BCUT2D eigenvalue weighted by atomic mass is 10.1. The Morgan fingerprint density at radius 1 is 1.16 bits per heavy atom. The number of nitrogens with one attached hydrogen (secondary N) is 1. The molecule has 1 aliphatic rings. The predicted molar refractivity (Wildman–Crippen MR) is 79.5 cm³/mol. The standard InChI is InChI=1S/C16H15NOS/c1-11-5-4-6-12(9-11)15-10-16(18)17-13-7-2-3-8-14(13)19-15/h2-9,15H,10H2,1H3,(H,17,18)/t15-/m1/s1. The molecule has 2 aromatic carbocycles. The van der Waals surface area contributed by atoms with Crippen LogP contribution in [0, 0.1) is 6.92 Å². The van der Waals surface area contributed by atoms with Crippen LogP contribution < -0.4 is 5.32 Å². The zero-order valence-electron chi connectivity index (χ0n) is 10.7. The number of fused-ring (bicyclic) bond motifs is 1. The van der Waals surface area contributed by atoms with Crippen molar-refractivity contribution < 1.29 is 4.79 Å². The van der Waals surface area contributed by atoms with Gasteiger partial charge in [-0.05, 0) is 24.6 Å². The first kappa shape index (κ1) is 12.3. The monoisotopic (exact) mass is 269 g/mol. The molecule has 1 heterocycles. The summed E-state index contributed by atoms with van der Waals surface area (Å²) in [7, 11) is 0. The van der Waals surface area contributed by atoms with Crippen LogP contribution in [-0.2, 0) is 4.79 Å². The van der Waals surface area contributed by atoms with E-state index in [9.17, 15) is 4.79 Å². The predicted octanol–water partition coefficient (Wildman–Crippen LogP) is 4.17. The number of anilines is 1. The van der Waals surface area contributed by atoms with Gasteiger partial charge in [0.2, 0.25) is 5.91 Å². The molecule has 2 nitrogen and oxygen atoms in total. The van der Waals surface area contributed by atoms with Crippen molar-refractivity contribution in [3.8, 4) is 0 Å². The fraction of sp³-hybridized carbons (Fsp3) is 0.188. The Kier molecular flexibility index (Phi) is 3.30. The first-order valence-electron chi connectivity index (χ1n) is 6.34. The lowest BCUT2D eigenvalue weighted by Crippen LogP contribution is -2.11. The van der Waals surface area contributed by atoms with Gasteiger partial charge in [0, 0.05) is 16.6 Å². The number of rotatable bonds is 1. The van der Waals surface area contributed by atoms with E-state index in [1.807, 2.05) is 18.2 Å². The number of carbonyl (C=O) groups is 1. The van der Waals surface area contributed by atoms with E-state index in [0.29, 0.717) is 6.42 Å². The van der Waals surface area contributed by atoms with Gasteiger partial charge < -0.3 is 5.32 Å². The molecule has 0 aromatic heterocycles. The van der Waals surface area contributed by atoms with Crippen molar-refractivity contribution in [3.05, 3.63) is 59.7 Å². The fourth-order valence-corrected chi connectivity index (χ4v) is 3.52. The third-order valence-electron chi connectivity index (χ3n) is 3.22. The van der Waals surface area contributed by atoms with Crippen LogP contribution in [0.25, 0.3) is 0 Å². The molecule has 96 valence electrons. The first-order chi connectivity index (χ1) is 9.22. The number of para-hydroxylation sites is 1. The highest BCUT2D eigenvalue weighted by atomic mass is 32.2. The van der Waals surface area contributed by atoms with Crippen LogP contribution in [0.15, 0.2) is 53.4 Å². The molecule has 0 radical (unpaired) electrons. The van der Waals surface area contributed by atoms with E-state index < -0.39 is 0 Å². The van der Waals surface area contributed by atoms with Gasteiger partial charge in [-0.1, -0.05) is 42.0 Å². The van der Waals surface area contributed by atoms with Crippen LogP contribution in [0.5, 0.6) is 0 Å². The Morgan fingerprint density at radius 3 is 2.84 bits per heavy atom. The Labute approximate surface area is 117 Å². The molecule has 1 aliphatic heterocycles. The van der Waals surface area contributed by atoms with Crippen molar-refractivity contribution in [2.24, 2.45) is 0 Å². The second-order valence-electron chi connectivity index (χ2n) is 4.77. The van der Waals surface area contributed by atoms with Gasteiger partial charge in [0.25, 0.3) is 0 Å². The molecule has 0 bridgehead atoms. The summed E-state index contributed by atoms with van der Waals surface area (Å²) in [6.45, 7) is 2.08. The van der Waals surface area contributed by atoms with Gasteiger partial charge in [-0.3, -0.25) is 4.79 Å². The molecule has 3 heteroatoms. The Morgan fingerprint density at radius 2 is 2.00 bits per heavy atom. The van der Waals surface area contributed by atoms with Gasteiger partial charge in [0.15, 0.2) is 0 Å². The SMILES string of the molecule is Cc1cccc([C@H]2CC(=O)Nc3ccccc3S2)c1.